The van der Waals surface area contributed by atoms with E-state index in [0.29, 0.717) is 49.4 Å². The molecular formula is C30H35F3N6O4S. The van der Waals surface area contributed by atoms with E-state index in [1.807, 2.05) is 11.0 Å². The quantitative estimate of drug-likeness (QED) is 0.327. The fraction of sp³-hybridized carbons (Fsp3) is 0.433. The van der Waals surface area contributed by atoms with Crippen LogP contribution >= 0.6 is 0 Å². The molecule has 2 aromatic carbocycles. The van der Waals surface area contributed by atoms with Crippen molar-refractivity contribution in [2.75, 3.05) is 63.1 Å². The molecule has 10 nitrogen and oxygen atoms in total. The summed E-state index contributed by atoms with van der Waals surface area (Å²) in [7, 11) is -3.81. The van der Waals surface area contributed by atoms with Gasteiger partial charge in [0.1, 0.15) is 6.54 Å². The number of nitrogens with one attached hydrogen (secondary N) is 2. The Hall–Kier alpha value is -3.77. The van der Waals surface area contributed by atoms with Crippen LogP contribution in [0, 0.1) is 11.8 Å². The molecule has 2 aliphatic rings. The first-order valence-electron chi connectivity index (χ1n) is 14.4. The lowest BCUT2D eigenvalue weighted by Gasteiger charge is -2.34. The first kappa shape index (κ1) is 31.6. The number of primary sulfonamides is 1. The zero-order valence-electron chi connectivity index (χ0n) is 24.1. The third-order valence-electron chi connectivity index (χ3n) is 7.73. The Morgan fingerprint density at radius 3 is 2.41 bits per heavy atom. The van der Waals surface area contributed by atoms with E-state index in [1.54, 1.807) is 18.2 Å². The highest BCUT2D eigenvalue weighted by Gasteiger charge is 2.30. The highest BCUT2D eigenvalue weighted by molar-refractivity contribution is 7.89. The van der Waals surface area contributed by atoms with E-state index in [1.165, 1.54) is 28.8 Å². The summed E-state index contributed by atoms with van der Waals surface area (Å²) in [4.78, 5) is 16.6. The van der Waals surface area contributed by atoms with Crippen molar-refractivity contribution in [2.24, 2.45) is 5.14 Å². The van der Waals surface area contributed by atoms with Gasteiger partial charge in [-0.3, -0.25) is 9.69 Å². The number of nitrogens with zero attached hydrogens (tertiary/aromatic N) is 3. The predicted octanol–water partition coefficient (Wildman–Crippen LogP) is 3.05. The van der Waals surface area contributed by atoms with Gasteiger partial charge in [0.05, 0.1) is 42.4 Å². The highest BCUT2D eigenvalue weighted by atomic mass is 32.2. The summed E-state index contributed by atoms with van der Waals surface area (Å²) >= 11 is 0. The van der Waals surface area contributed by atoms with Crippen LogP contribution in [-0.2, 0) is 26.1 Å². The number of nitrogens with two attached hydrogens (primary N) is 1. The molecule has 0 atom stereocenters. The minimum absolute atomic E-state index is 0.0281. The van der Waals surface area contributed by atoms with Gasteiger partial charge in [0.15, 0.2) is 0 Å². The number of carbonyl (C=O) groups excluding carboxylic acids is 1. The molecule has 44 heavy (non-hydrogen) atoms. The van der Waals surface area contributed by atoms with Gasteiger partial charge in [-0.1, -0.05) is 12.0 Å². The SMILES string of the molecule is NS(=O)(=O)c1ccc(NCC#Cc2cc3c(NC4CCN(CC(=O)N5CCOCC5)CC4)cccc3n2CC(F)(F)F)cc1. The van der Waals surface area contributed by atoms with Crippen molar-refractivity contribution in [3.8, 4) is 11.8 Å². The number of hydrogen-bond acceptors (Lipinski definition) is 7. The number of rotatable bonds is 8. The Labute approximate surface area is 254 Å². The number of likely N-dealkylation sites (tertiary alicyclic amines) is 1. The number of amides is 1. The van der Waals surface area contributed by atoms with E-state index in [4.69, 9.17) is 9.88 Å². The van der Waals surface area contributed by atoms with Gasteiger partial charge in [-0.25, -0.2) is 13.6 Å². The fourth-order valence-electron chi connectivity index (χ4n) is 5.47. The molecule has 0 spiro atoms. The van der Waals surface area contributed by atoms with Crippen LogP contribution in [0.2, 0.25) is 0 Å². The number of benzene rings is 2. The van der Waals surface area contributed by atoms with Gasteiger partial charge in [-0.15, -0.1) is 0 Å². The summed E-state index contributed by atoms with van der Waals surface area (Å²) < 4.78 is 70.1. The zero-order chi connectivity index (χ0) is 31.3. The number of ether oxygens (including phenoxy) is 1. The number of piperidine rings is 1. The molecule has 2 fully saturated rings. The Morgan fingerprint density at radius 2 is 1.75 bits per heavy atom. The Morgan fingerprint density at radius 1 is 1.05 bits per heavy atom. The second-order valence-electron chi connectivity index (χ2n) is 10.9. The predicted molar refractivity (Wildman–Crippen MR) is 162 cm³/mol. The number of anilines is 2. The molecule has 236 valence electrons. The first-order valence-corrected chi connectivity index (χ1v) is 15.9. The van der Waals surface area contributed by atoms with Crippen molar-refractivity contribution in [2.45, 2.75) is 36.5 Å². The maximum atomic E-state index is 13.6. The average Bonchev–Trinajstić information content (AvgIpc) is 3.33. The van der Waals surface area contributed by atoms with Gasteiger partial charge in [0.2, 0.25) is 15.9 Å². The summed E-state index contributed by atoms with van der Waals surface area (Å²) in [6, 6.07) is 12.8. The molecule has 2 saturated heterocycles. The second kappa shape index (κ2) is 13.5. The van der Waals surface area contributed by atoms with Crippen molar-refractivity contribution < 1.29 is 31.1 Å². The Kier molecular flexibility index (Phi) is 9.69. The number of sulfonamides is 1. The maximum absolute atomic E-state index is 13.6. The second-order valence-corrected chi connectivity index (χ2v) is 12.4. The molecule has 0 saturated carbocycles. The molecule has 0 unspecified atom stereocenters. The topological polar surface area (TPSA) is 122 Å². The van der Waals surface area contributed by atoms with Crippen molar-refractivity contribution >= 4 is 38.2 Å². The number of alkyl halides is 3. The fourth-order valence-corrected chi connectivity index (χ4v) is 5.98. The lowest BCUT2D eigenvalue weighted by Crippen LogP contribution is -2.48. The average molecular weight is 633 g/mol. The number of carbonyl (C=O) groups is 1. The molecule has 1 aromatic heterocycles. The van der Waals surface area contributed by atoms with Crippen LogP contribution in [0.25, 0.3) is 10.9 Å². The van der Waals surface area contributed by atoms with Gasteiger partial charge in [-0.05, 0) is 61.2 Å². The third kappa shape index (κ3) is 8.23. The monoisotopic (exact) mass is 632 g/mol. The van der Waals surface area contributed by atoms with Crippen LogP contribution in [0.15, 0.2) is 53.4 Å². The minimum Gasteiger partial charge on any atom is -0.382 e. The van der Waals surface area contributed by atoms with Gasteiger partial charge < -0.3 is 24.8 Å². The lowest BCUT2D eigenvalue weighted by atomic mass is 10.0. The van der Waals surface area contributed by atoms with Gasteiger partial charge in [0.25, 0.3) is 0 Å². The summed E-state index contributed by atoms with van der Waals surface area (Å²) in [5.41, 5.74) is 1.99. The smallest absolute Gasteiger partial charge is 0.382 e. The van der Waals surface area contributed by atoms with Crippen LogP contribution in [0.3, 0.4) is 0 Å². The summed E-state index contributed by atoms with van der Waals surface area (Å²) in [6.07, 6.45) is -2.85. The molecule has 14 heteroatoms. The van der Waals surface area contributed by atoms with E-state index in [2.05, 4.69) is 27.4 Å². The third-order valence-corrected chi connectivity index (χ3v) is 8.66. The van der Waals surface area contributed by atoms with E-state index in [0.717, 1.165) is 31.6 Å². The van der Waals surface area contributed by atoms with Crippen LogP contribution in [-0.4, -0.2) is 93.4 Å². The van der Waals surface area contributed by atoms with Gasteiger partial charge >= 0.3 is 6.18 Å². The molecule has 0 aliphatic carbocycles. The number of halogens is 3. The molecule has 5 rings (SSSR count). The molecule has 2 aliphatic heterocycles. The van der Waals surface area contributed by atoms with Crippen LogP contribution in [0.5, 0.6) is 0 Å². The van der Waals surface area contributed by atoms with Gasteiger partial charge in [-0.2, -0.15) is 13.2 Å². The number of fused-ring (bicyclic) bond motifs is 1. The number of hydrogen-bond donors (Lipinski definition) is 3. The summed E-state index contributed by atoms with van der Waals surface area (Å²) in [5, 5.41) is 12.3. The van der Waals surface area contributed by atoms with Crippen molar-refractivity contribution in [1.82, 2.24) is 14.4 Å². The molecule has 3 aromatic rings. The first-order chi connectivity index (χ1) is 21.0. The van der Waals surface area contributed by atoms with Crippen molar-refractivity contribution in [3.63, 3.8) is 0 Å². The van der Waals surface area contributed by atoms with Crippen molar-refractivity contribution in [1.29, 1.82) is 0 Å². The summed E-state index contributed by atoms with van der Waals surface area (Å²) in [6.45, 7) is 3.18. The molecule has 3 heterocycles. The van der Waals surface area contributed by atoms with E-state index in [-0.39, 0.29) is 29.1 Å². The standard InChI is InChI=1S/C30H35F3N6O4S/c31-30(32,33)21-39-24(3-2-12-35-22-6-8-25(9-7-22)44(34,41)42)19-26-27(4-1-5-28(26)39)36-23-10-13-37(14-11-23)20-29(40)38-15-17-43-18-16-38/h1,4-9,19,23,35-36H,10-18,20-21H2,(H2,34,41,42). The number of morpholine rings is 1. The molecular weight excluding hydrogens is 597 g/mol. The molecule has 0 radical (unpaired) electrons. The molecule has 0 bridgehead atoms. The van der Waals surface area contributed by atoms with Crippen molar-refractivity contribution in [3.05, 3.63) is 54.2 Å². The Balaban J connectivity index is 1.25. The van der Waals surface area contributed by atoms with E-state index in [9.17, 15) is 26.4 Å². The van der Waals surface area contributed by atoms with Crippen LogP contribution in [0.1, 0.15) is 18.5 Å². The molecule has 4 N–H and O–H groups in total. The Bertz CT molecular complexity index is 1630. The number of aromatic nitrogens is 1. The maximum Gasteiger partial charge on any atom is 0.406 e. The molecule has 1 amide bonds. The van der Waals surface area contributed by atoms with Crippen LogP contribution < -0.4 is 15.8 Å². The lowest BCUT2D eigenvalue weighted by molar-refractivity contribution is -0.140. The van der Waals surface area contributed by atoms with Gasteiger partial charge in [0, 0.05) is 49.0 Å². The largest absolute Gasteiger partial charge is 0.406 e. The highest BCUT2D eigenvalue weighted by Crippen LogP contribution is 2.31. The zero-order valence-corrected chi connectivity index (χ0v) is 24.9. The summed E-state index contributed by atoms with van der Waals surface area (Å²) in [5.74, 6) is 5.85. The normalized spacial score (nSPS) is 16.9. The van der Waals surface area contributed by atoms with E-state index >= 15 is 0 Å². The minimum atomic E-state index is -4.44. The van der Waals surface area contributed by atoms with E-state index < -0.39 is 22.7 Å². The van der Waals surface area contributed by atoms with Crippen LogP contribution in [0.4, 0.5) is 24.5 Å².